The molecule has 0 aromatic carbocycles. The first-order valence-electron chi connectivity index (χ1n) is 6.50. The van der Waals surface area contributed by atoms with Gasteiger partial charge in [-0.05, 0) is 31.4 Å². The fourth-order valence-electron chi connectivity index (χ4n) is 2.39. The smallest absolute Gasteiger partial charge is 0.132 e. The van der Waals surface area contributed by atoms with Crippen LogP contribution in [-0.4, -0.2) is 14.5 Å². The van der Waals surface area contributed by atoms with Crippen molar-refractivity contribution in [3.8, 4) is 11.3 Å². The van der Waals surface area contributed by atoms with Gasteiger partial charge in [-0.15, -0.1) is 0 Å². The Bertz CT molecular complexity index is 581. The number of aryl methyl sites for hydroxylation is 2. The molecule has 1 aliphatic rings. The van der Waals surface area contributed by atoms with Crippen molar-refractivity contribution in [3.05, 3.63) is 29.8 Å². The van der Waals surface area contributed by atoms with Gasteiger partial charge in [0.2, 0.25) is 0 Å². The van der Waals surface area contributed by atoms with Gasteiger partial charge >= 0.3 is 0 Å². The van der Waals surface area contributed by atoms with Gasteiger partial charge in [0.15, 0.2) is 0 Å². The second-order valence-electron chi connectivity index (χ2n) is 4.91. The quantitative estimate of drug-likeness (QED) is 0.900. The largest absolute Gasteiger partial charge is 0.383 e. The minimum atomic E-state index is 0.568. The van der Waals surface area contributed by atoms with Crippen LogP contribution in [0.25, 0.3) is 11.3 Å². The van der Waals surface area contributed by atoms with Crippen molar-refractivity contribution in [2.75, 3.05) is 5.73 Å². The molecule has 1 saturated carbocycles. The minimum Gasteiger partial charge on any atom is -0.383 e. The Morgan fingerprint density at radius 2 is 2.22 bits per heavy atom. The topological polar surface area (TPSA) is 56.7 Å². The lowest BCUT2D eigenvalue weighted by Crippen LogP contribution is -2.04. The predicted octanol–water partition coefficient (Wildman–Crippen LogP) is 2.73. The van der Waals surface area contributed by atoms with Crippen molar-refractivity contribution in [1.29, 1.82) is 0 Å². The molecule has 0 bridgehead atoms. The van der Waals surface area contributed by atoms with Gasteiger partial charge in [-0.25, -0.2) is 4.98 Å². The highest BCUT2D eigenvalue weighted by Gasteiger charge is 2.29. The number of rotatable bonds is 3. The maximum atomic E-state index is 6.29. The molecular weight excluding hydrogens is 224 g/mol. The summed E-state index contributed by atoms with van der Waals surface area (Å²) in [4.78, 5) is 8.90. The molecule has 2 aromatic heterocycles. The summed E-state index contributed by atoms with van der Waals surface area (Å²) in [6, 6.07) is 2.56. The first-order valence-corrected chi connectivity index (χ1v) is 6.50. The molecule has 0 saturated heterocycles. The molecule has 0 aliphatic heterocycles. The monoisotopic (exact) mass is 242 g/mol. The fourth-order valence-corrected chi connectivity index (χ4v) is 2.39. The third-order valence-corrected chi connectivity index (χ3v) is 3.54. The van der Waals surface area contributed by atoms with E-state index in [-0.39, 0.29) is 0 Å². The molecule has 2 N–H and O–H groups in total. The average molecular weight is 242 g/mol. The molecule has 2 aromatic rings. The SMILES string of the molecule is CCc1nc(-c2cnccc2C)c(N)n1C1CC1. The van der Waals surface area contributed by atoms with Crippen molar-refractivity contribution in [1.82, 2.24) is 14.5 Å². The van der Waals surface area contributed by atoms with E-state index in [1.807, 2.05) is 12.3 Å². The lowest BCUT2D eigenvalue weighted by molar-refractivity contribution is 0.696. The molecule has 18 heavy (non-hydrogen) atoms. The zero-order chi connectivity index (χ0) is 12.7. The molecule has 0 radical (unpaired) electrons. The summed E-state index contributed by atoms with van der Waals surface area (Å²) in [5.74, 6) is 1.89. The second kappa shape index (κ2) is 4.12. The maximum absolute atomic E-state index is 6.29. The van der Waals surface area contributed by atoms with Crippen LogP contribution in [0.15, 0.2) is 18.5 Å². The Hall–Kier alpha value is -1.84. The molecule has 94 valence electrons. The molecule has 0 amide bonds. The van der Waals surface area contributed by atoms with Crippen molar-refractivity contribution >= 4 is 5.82 Å². The third kappa shape index (κ3) is 1.68. The van der Waals surface area contributed by atoms with Crippen LogP contribution in [0.5, 0.6) is 0 Å². The summed E-state index contributed by atoms with van der Waals surface area (Å²) < 4.78 is 2.21. The van der Waals surface area contributed by atoms with Gasteiger partial charge in [0.1, 0.15) is 17.3 Å². The minimum absolute atomic E-state index is 0.568. The van der Waals surface area contributed by atoms with Gasteiger partial charge in [-0.3, -0.25) is 4.98 Å². The Morgan fingerprint density at radius 3 is 2.83 bits per heavy atom. The molecule has 1 aliphatic carbocycles. The van der Waals surface area contributed by atoms with Crippen LogP contribution in [0.2, 0.25) is 0 Å². The standard InChI is InChI=1S/C14H18N4/c1-3-12-17-13(11-8-16-7-6-9(11)2)14(15)18(12)10-4-5-10/h6-8,10H,3-5,15H2,1-2H3. The van der Waals surface area contributed by atoms with E-state index in [4.69, 9.17) is 10.7 Å². The van der Waals surface area contributed by atoms with Gasteiger partial charge in [-0.2, -0.15) is 0 Å². The molecule has 0 unspecified atom stereocenters. The van der Waals surface area contributed by atoms with Crippen LogP contribution in [0, 0.1) is 6.92 Å². The average Bonchev–Trinajstić information content (AvgIpc) is 3.15. The van der Waals surface area contributed by atoms with Crippen LogP contribution >= 0.6 is 0 Å². The Morgan fingerprint density at radius 1 is 1.44 bits per heavy atom. The summed E-state index contributed by atoms with van der Waals surface area (Å²) in [5.41, 5.74) is 9.40. The fraction of sp³-hybridized carbons (Fsp3) is 0.429. The zero-order valence-corrected chi connectivity index (χ0v) is 10.8. The van der Waals surface area contributed by atoms with Crippen LogP contribution in [-0.2, 0) is 6.42 Å². The van der Waals surface area contributed by atoms with Gasteiger partial charge in [0, 0.05) is 30.4 Å². The van der Waals surface area contributed by atoms with Crippen LogP contribution in [0.4, 0.5) is 5.82 Å². The van der Waals surface area contributed by atoms with E-state index in [9.17, 15) is 0 Å². The van der Waals surface area contributed by atoms with Crippen LogP contribution in [0.3, 0.4) is 0 Å². The predicted molar refractivity (Wildman–Crippen MR) is 72.3 cm³/mol. The molecule has 4 heteroatoms. The molecule has 0 spiro atoms. The molecular formula is C14H18N4. The van der Waals surface area contributed by atoms with E-state index in [2.05, 4.69) is 23.4 Å². The zero-order valence-electron chi connectivity index (χ0n) is 10.8. The molecule has 2 heterocycles. The normalized spacial score (nSPS) is 15.0. The lowest BCUT2D eigenvalue weighted by atomic mass is 10.1. The lowest BCUT2D eigenvalue weighted by Gasteiger charge is -2.07. The molecule has 4 nitrogen and oxygen atoms in total. The summed E-state index contributed by atoms with van der Waals surface area (Å²) in [6.07, 6.45) is 7.01. The van der Waals surface area contributed by atoms with Gasteiger partial charge in [-0.1, -0.05) is 6.92 Å². The number of nitrogens with zero attached hydrogens (tertiary/aromatic N) is 3. The number of nitrogens with two attached hydrogens (primary N) is 1. The second-order valence-corrected chi connectivity index (χ2v) is 4.91. The summed E-state index contributed by atoms with van der Waals surface area (Å²) >= 11 is 0. The summed E-state index contributed by atoms with van der Waals surface area (Å²) in [7, 11) is 0. The number of hydrogen-bond acceptors (Lipinski definition) is 3. The van der Waals surface area contributed by atoms with Gasteiger partial charge in [0.25, 0.3) is 0 Å². The van der Waals surface area contributed by atoms with Crippen molar-refractivity contribution in [3.63, 3.8) is 0 Å². The van der Waals surface area contributed by atoms with E-state index in [0.717, 1.165) is 29.3 Å². The highest BCUT2D eigenvalue weighted by atomic mass is 15.2. The summed E-state index contributed by atoms with van der Waals surface area (Å²) in [6.45, 7) is 4.19. The number of pyridine rings is 1. The van der Waals surface area contributed by atoms with Crippen LogP contribution < -0.4 is 5.73 Å². The number of anilines is 1. The van der Waals surface area contributed by atoms with E-state index in [1.165, 1.54) is 18.4 Å². The highest BCUT2D eigenvalue weighted by molar-refractivity contribution is 5.73. The van der Waals surface area contributed by atoms with E-state index in [1.54, 1.807) is 6.20 Å². The van der Waals surface area contributed by atoms with E-state index >= 15 is 0 Å². The van der Waals surface area contributed by atoms with Gasteiger partial charge < -0.3 is 10.3 Å². The van der Waals surface area contributed by atoms with Crippen LogP contribution in [0.1, 0.15) is 37.2 Å². The number of imidazole rings is 1. The number of hydrogen-bond donors (Lipinski definition) is 1. The third-order valence-electron chi connectivity index (χ3n) is 3.54. The first-order chi connectivity index (χ1) is 8.72. The molecule has 0 atom stereocenters. The van der Waals surface area contributed by atoms with Crippen molar-refractivity contribution in [2.24, 2.45) is 0 Å². The Kier molecular flexibility index (Phi) is 2.58. The van der Waals surface area contributed by atoms with E-state index < -0.39 is 0 Å². The molecule has 3 rings (SSSR count). The van der Waals surface area contributed by atoms with E-state index in [0.29, 0.717) is 6.04 Å². The molecule has 1 fully saturated rings. The van der Waals surface area contributed by atoms with Gasteiger partial charge in [0.05, 0.1) is 0 Å². The number of nitrogen functional groups attached to an aromatic ring is 1. The summed E-state index contributed by atoms with van der Waals surface area (Å²) in [5, 5.41) is 0. The maximum Gasteiger partial charge on any atom is 0.132 e. The van der Waals surface area contributed by atoms with Crippen molar-refractivity contribution in [2.45, 2.75) is 39.2 Å². The Labute approximate surface area is 107 Å². The highest BCUT2D eigenvalue weighted by Crippen LogP contribution is 2.41. The Balaban J connectivity index is 2.16. The van der Waals surface area contributed by atoms with Crippen molar-refractivity contribution < 1.29 is 0 Å². The number of aromatic nitrogens is 3. The first kappa shape index (κ1) is 11.3.